The number of terminal acetylenes is 1. The Kier molecular flexibility index (Phi) is 3.60. The highest BCUT2D eigenvalue weighted by Crippen LogP contribution is 2.72. The quantitative estimate of drug-likeness (QED) is 0.500. The molecule has 0 amide bonds. The van der Waals surface area contributed by atoms with Crippen molar-refractivity contribution in [2.75, 3.05) is 19.1 Å². The van der Waals surface area contributed by atoms with Crippen LogP contribution in [0.4, 0.5) is 0 Å². The van der Waals surface area contributed by atoms with Gasteiger partial charge >= 0.3 is 0 Å². The molecule has 0 aliphatic carbocycles. The molecule has 5 heteroatoms. The summed E-state index contributed by atoms with van der Waals surface area (Å²) in [5.41, 5.74) is -2.23. The highest BCUT2D eigenvalue weighted by Gasteiger charge is 2.35. The molecule has 1 aliphatic rings. The van der Waals surface area contributed by atoms with Gasteiger partial charge in [-0.3, -0.25) is 4.57 Å². The van der Waals surface area contributed by atoms with E-state index in [0.29, 0.717) is 0 Å². The number of rotatable bonds is 1. The second-order valence-electron chi connectivity index (χ2n) is 2.53. The minimum Gasteiger partial charge on any atom is -0.283 e. The summed E-state index contributed by atoms with van der Waals surface area (Å²) < 4.78 is 13.9. The molecular formula is C7H12NOPS2. The number of nitrogens with zero attached hydrogens (tertiary/aromatic N) is 1. The van der Waals surface area contributed by atoms with Crippen LogP contribution >= 0.6 is 28.5 Å². The van der Waals surface area contributed by atoms with Crippen molar-refractivity contribution in [3.8, 4) is 12.3 Å². The average Bonchev–Trinajstić information content (AvgIpc) is 2.10. The predicted molar refractivity (Wildman–Crippen MR) is 58.6 cm³/mol. The van der Waals surface area contributed by atoms with Crippen molar-refractivity contribution < 1.29 is 4.57 Å². The summed E-state index contributed by atoms with van der Waals surface area (Å²) in [6.07, 6.45) is 8.16. The van der Waals surface area contributed by atoms with E-state index >= 15 is 0 Å². The van der Waals surface area contributed by atoms with Crippen LogP contribution in [0.5, 0.6) is 0 Å². The first-order chi connectivity index (χ1) is 5.64. The van der Waals surface area contributed by atoms with E-state index in [1.54, 1.807) is 11.4 Å². The van der Waals surface area contributed by atoms with Crippen molar-refractivity contribution in [2.45, 2.75) is 12.5 Å². The Balaban J connectivity index is 2.80. The summed E-state index contributed by atoms with van der Waals surface area (Å²) in [4.78, 5) is 0. The largest absolute Gasteiger partial charge is 0.283 e. The molecule has 0 aromatic carbocycles. The van der Waals surface area contributed by atoms with Crippen LogP contribution in [-0.4, -0.2) is 29.8 Å². The molecular weight excluding hydrogens is 209 g/mol. The van der Waals surface area contributed by atoms with Crippen molar-refractivity contribution in [1.82, 2.24) is 4.67 Å². The van der Waals surface area contributed by atoms with Gasteiger partial charge in [0.25, 0.3) is 5.70 Å². The van der Waals surface area contributed by atoms with Crippen LogP contribution in [0.25, 0.3) is 0 Å². The Hall–Kier alpha value is 0.450. The molecule has 1 saturated heterocycles. The van der Waals surface area contributed by atoms with E-state index in [1.165, 1.54) is 11.4 Å². The van der Waals surface area contributed by atoms with Crippen molar-refractivity contribution in [3.05, 3.63) is 0 Å². The second kappa shape index (κ2) is 4.11. The summed E-state index contributed by atoms with van der Waals surface area (Å²) in [6, 6.07) is 0.0598. The molecule has 2 atom stereocenters. The maximum atomic E-state index is 12.1. The summed E-state index contributed by atoms with van der Waals surface area (Å²) in [5.74, 6) is 3.58. The molecule has 0 aromatic heterocycles. The van der Waals surface area contributed by atoms with Crippen LogP contribution in [0.1, 0.15) is 6.42 Å². The maximum Gasteiger partial charge on any atom is 0.257 e. The molecule has 2 unspecified atom stereocenters. The molecule has 1 aliphatic heterocycles. The third-order valence-electron chi connectivity index (χ3n) is 1.91. The third kappa shape index (κ3) is 1.85. The van der Waals surface area contributed by atoms with Gasteiger partial charge in [0.1, 0.15) is 0 Å². The minimum atomic E-state index is -2.23. The van der Waals surface area contributed by atoms with Gasteiger partial charge in [0.05, 0.1) is 6.04 Å². The summed E-state index contributed by atoms with van der Waals surface area (Å²) in [7, 11) is 1.86. The standard InChI is InChI=1S/C7H12NOPS2/c1-4-7-5-6-12-10(9,11-3)8(7)2/h1,7H,5-6H2,2-3H3. The summed E-state index contributed by atoms with van der Waals surface area (Å²) in [5, 5.41) is 0. The lowest BCUT2D eigenvalue weighted by molar-refractivity contribution is 0.434. The lowest BCUT2D eigenvalue weighted by atomic mass is 10.2. The van der Waals surface area contributed by atoms with E-state index in [2.05, 4.69) is 5.92 Å². The number of hydrogen-bond donors (Lipinski definition) is 0. The Morgan fingerprint density at radius 1 is 1.83 bits per heavy atom. The van der Waals surface area contributed by atoms with Crippen LogP contribution in [0.3, 0.4) is 0 Å². The zero-order valence-electron chi connectivity index (χ0n) is 7.19. The van der Waals surface area contributed by atoms with Crippen molar-refractivity contribution in [1.29, 1.82) is 0 Å². The first kappa shape index (κ1) is 10.5. The van der Waals surface area contributed by atoms with Crippen LogP contribution in [0, 0.1) is 12.3 Å². The Labute approximate surface area is 81.8 Å². The van der Waals surface area contributed by atoms with E-state index < -0.39 is 5.70 Å². The molecule has 0 radical (unpaired) electrons. The average molecular weight is 221 g/mol. The molecule has 1 rings (SSSR count). The van der Waals surface area contributed by atoms with Gasteiger partial charge in [0.15, 0.2) is 0 Å². The molecule has 1 heterocycles. The van der Waals surface area contributed by atoms with Crippen LogP contribution in [0.2, 0.25) is 0 Å². The third-order valence-corrected chi connectivity index (χ3v) is 10.9. The van der Waals surface area contributed by atoms with Gasteiger partial charge in [-0.15, -0.1) is 6.42 Å². The van der Waals surface area contributed by atoms with Gasteiger partial charge < -0.3 is 0 Å². The smallest absolute Gasteiger partial charge is 0.257 e. The Bertz CT molecular complexity index is 250. The molecule has 68 valence electrons. The minimum absolute atomic E-state index is 0.0598. The fourth-order valence-electron chi connectivity index (χ4n) is 1.10. The molecule has 0 spiro atoms. The van der Waals surface area contributed by atoms with E-state index in [1.807, 2.05) is 18.0 Å². The van der Waals surface area contributed by atoms with Gasteiger partial charge in [-0.2, -0.15) is 0 Å². The van der Waals surface area contributed by atoms with Crippen molar-refractivity contribution in [2.24, 2.45) is 0 Å². The van der Waals surface area contributed by atoms with E-state index in [0.717, 1.165) is 12.2 Å². The Morgan fingerprint density at radius 2 is 2.50 bits per heavy atom. The van der Waals surface area contributed by atoms with Gasteiger partial charge in [-0.25, -0.2) is 4.67 Å². The van der Waals surface area contributed by atoms with E-state index in [4.69, 9.17) is 6.42 Å². The van der Waals surface area contributed by atoms with Gasteiger partial charge in [-0.05, 0) is 19.7 Å². The first-order valence-corrected chi connectivity index (χ1v) is 8.72. The highest BCUT2D eigenvalue weighted by molar-refractivity contribution is 8.89. The van der Waals surface area contributed by atoms with Gasteiger partial charge in [0.2, 0.25) is 0 Å². The Morgan fingerprint density at radius 3 is 3.00 bits per heavy atom. The molecule has 1 fully saturated rings. The fraction of sp³-hybridized carbons (Fsp3) is 0.714. The molecule has 2 nitrogen and oxygen atoms in total. The molecule has 12 heavy (non-hydrogen) atoms. The van der Waals surface area contributed by atoms with E-state index in [9.17, 15) is 4.57 Å². The van der Waals surface area contributed by atoms with Crippen LogP contribution in [-0.2, 0) is 4.57 Å². The topological polar surface area (TPSA) is 20.3 Å². The fourth-order valence-corrected chi connectivity index (χ4v) is 7.68. The van der Waals surface area contributed by atoms with Crippen molar-refractivity contribution >= 4 is 28.5 Å². The SMILES string of the molecule is C#CC1CCSP(=O)(SC)N1C. The predicted octanol–water partition coefficient (Wildman–Crippen LogP) is 2.53. The van der Waals surface area contributed by atoms with Crippen LogP contribution < -0.4 is 0 Å². The van der Waals surface area contributed by atoms with Crippen LogP contribution in [0.15, 0.2) is 0 Å². The number of hydrogen-bond acceptors (Lipinski definition) is 3. The zero-order chi connectivity index (χ0) is 9.19. The van der Waals surface area contributed by atoms with E-state index in [-0.39, 0.29) is 6.04 Å². The molecule has 0 saturated carbocycles. The molecule has 0 bridgehead atoms. The van der Waals surface area contributed by atoms with Gasteiger partial charge in [0, 0.05) is 5.75 Å². The van der Waals surface area contributed by atoms with Gasteiger partial charge in [-0.1, -0.05) is 28.7 Å². The lowest BCUT2D eigenvalue weighted by Crippen LogP contribution is -2.29. The molecule has 0 aromatic rings. The highest BCUT2D eigenvalue weighted by atomic mass is 33.1. The normalized spacial score (nSPS) is 37.6. The second-order valence-corrected chi connectivity index (χ2v) is 10.7. The maximum absolute atomic E-state index is 12.1. The van der Waals surface area contributed by atoms with Crippen molar-refractivity contribution in [3.63, 3.8) is 0 Å². The monoisotopic (exact) mass is 221 g/mol. The zero-order valence-corrected chi connectivity index (χ0v) is 9.72. The lowest BCUT2D eigenvalue weighted by Gasteiger charge is -2.34. The summed E-state index contributed by atoms with van der Waals surface area (Å²) >= 11 is 2.97. The summed E-state index contributed by atoms with van der Waals surface area (Å²) in [6.45, 7) is 0. The molecule has 0 N–H and O–H groups in total. The first-order valence-electron chi connectivity index (χ1n) is 3.64.